The summed E-state index contributed by atoms with van der Waals surface area (Å²) in [7, 11) is 0. The molecule has 7 heteroatoms. The molecule has 1 aliphatic heterocycles. The molecule has 0 aliphatic carbocycles. The molecule has 1 aromatic heterocycles. The summed E-state index contributed by atoms with van der Waals surface area (Å²) in [5.41, 5.74) is 5.39. The molecular formula is C14H26ClN5O. The van der Waals surface area contributed by atoms with Crippen LogP contribution in [0.3, 0.4) is 0 Å². The van der Waals surface area contributed by atoms with Crippen molar-refractivity contribution in [2.45, 2.75) is 59.0 Å². The monoisotopic (exact) mass is 315 g/mol. The van der Waals surface area contributed by atoms with Crippen molar-refractivity contribution in [3.8, 4) is 0 Å². The summed E-state index contributed by atoms with van der Waals surface area (Å²) in [6.45, 7) is 7.04. The van der Waals surface area contributed by atoms with Crippen LogP contribution in [0.5, 0.6) is 0 Å². The Morgan fingerprint density at radius 2 is 2.14 bits per heavy atom. The average Bonchev–Trinajstić information content (AvgIpc) is 2.81. The van der Waals surface area contributed by atoms with Crippen molar-refractivity contribution in [1.29, 1.82) is 0 Å². The molecule has 2 heterocycles. The maximum absolute atomic E-state index is 12.5. The maximum atomic E-state index is 12.5. The number of hydrogen-bond donors (Lipinski definition) is 2. The quantitative estimate of drug-likeness (QED) is 0.855. The molecule has 0 fully saturated rings. The van der Waals surface area contributed by atoms with Crippen molar-refractivity contribution < 1.29 is 4.79 Å². The van der Waals surface area contributed by atoms with Gasteiger partial charge in [0.1, 0.15) is 11.6 Å². The van der Waals surface area contributed by atoms with Gasteiger partial charge < -0.3 is 11.1 Å². The van der Waals surface area contributed by atoms with E-state index in [2.05, 4.69) is 15.4 Å². The summed E-state index contributed by atoms with van der Waals surface area (Å²) >= 11 is 0. The standard InChI is InChI=1S/C14H25N5O.ClH/c1-4-14(5-2,9-15)13(20)17-11-6-7-12-16-10(3)18-19(12)8-11;/h11H,4-9,15H2,1-3H3,(H,17,20);1H. The first-order valence-electron chi connectivity index (χ1n) is 7.46. The van der Waals surface area contributed by atoms with E-state index in [9.17, 15) is 4.79 Å². The van der Waals surface area contributed by atoms with Crippen LogP contribution in [0.25, 0.3) is 0 Å². The van der Waals surface area contributed by atoms with Crippen molar-refractivity contribution in [2.24, 2.45) is 11.1 Å². The molecule has 0 spiro atoms. The van der Waals surface area contributed by atoms with Crippen molar-refractivity contribution in [3.05, 3.63) is 11.6 Å². The number of hydrogen-bond acceptors (Lipinski definition) is 4. The third-order valence-corrected chi connectivity index (χ3v) is 4.53. The minimum Gasteiger partial charge on any atom is -0.351 e. The Labute approximate surface area is 132 Å². The van der Waals surface area contributed by atoms with Gasteiger partial charge in [-0.25, -0.2) is 9.67 Å². The first-order chi connectivity index (χ1) is 9.54. The lowest BCUT2D eigenvalue weighted by Crippen LogP contribution is -2.50. The van der Waals surface area contributed by atoms with Gasteiger partial charge in [0, 0.05) is 19.0 Å². The summed E-state index contributed by atoms with van der Waals surface area (Å²) in [4.78, 5) is 16.9. The second-order valence-electron chi connectivity index (χ2n) is 5.66. The number of aryl methyl sites for hydroxylation is 2. The number of nitrogens with zero attached hydrogens (tertiary/aromatic N) is 3. The van der Waals surface area contributed by atoms with Gasteiger partial charge in [0.2, 0.25) is 5.91 Å². The van der Waals surface area contributed by atoms with E-state index in [0.717, 1.165) is 37.3 Å². The summed E-state index contributed by atoms with van der Waals surface area (Å²) in [5, 5.41) is 7.52. The van der Waals surface area contributed by atoms with Gasteiger partial charge in [-0.3, -0.25) is 4.79 Å². The molecule has 0 saturated heterocycles. The lowest BCUT2D eigenvalue weighted by molar-refractivity contribution is -0.132. The van der Waals surface area contributed by atoms with E-state index in [1.54, 1.807) is 0 Å². The van der Waals surface area contributed by atoms with Crippen LogP contribution < -0.4 is 11.1 Å². The first-order valence-corrected chi connectivity index (χ1v) is 7.46. The number of rotatable bonds is 5. The Kier molecular flexibility index (Phi) is 6.16. The fraction of sp³-hybridized carbons (Fsp3) is 0.786. The summed E-state index contributed by atoms with van der Waals surface area (Å²) in [5.74, 6) is 1.89. The average molecular weight is 316 g/mol. The number of aromatic nitrogens is 3. The Morgan fingerprint density at radius 1 is 1.48 bits per heavy atom. The minimum absolute atomic E-state index is 0. The molecule has 120 valence electrons. The molecule has 1 aliphatic rings. The molecule has 0 bridgehead atoms. The topological polar surface area (TPSA) is 85.8 Å². The maximum Gasteiger partial charge on any atom is 0.227 e. The number of amides is 1. The highest BCUT2D eigenvalue weighted by Gasteiger charge is 2.35. The number of nitrogens with two attached hydrogens (primary N) is 1. The van der Waals surface area contributed by atoms with Crippen LogP contribution in [0.15, 0.2) is 0 Å². The number of nitrogens with one attached hydrogen (secondary N) is 1. The van der Waals surface area contributed by atoms with Crippen molar-refractivity contribution in [1.82, 2.24) is 20.1 Å². The lowest BCUT2D eigenvalue weighted by atomic mass is 9.81. The predicted molar refractivity (Wildman–Crippen MR) is 84.3 cm³/mol. The fourth-order valence-corrected chi connectivity index (χ4v) is 2.84. The van der Waals surface area contributed by atoms with Crippen LogP contribution in [0, 0.1) is 12.3 Å². The minimum atomic E-state index is -0.432. The zero-order chi connectivity index (χ0) is 14.8. The van der Waals surface area contributed by atoms with E-state index in [0.29, 0.717) is 13.1 Å². The smallest absolute Gasteiger partial charge is 0.227 e. The van der Waals surface area contributed by atoms with Gasteiger partial charge in [-0.2, -0.15) is 5.10 Å². The van der Waals surface area contributed by atoms with Crippen LogP contribution >= 0.6 is 12.4 Å². The van der Waals surface area contributed by atoms with Gasteiger partial charge in [0.15, 0.2) is 0 Å². The van der Waals surface area contributed by atoms with E-state index in [-0.39, 0.29) is 24.4 Å². The van der Waals surface area contributed by atoms with Crippen molar-refractivity contribution in [2.75, 3.05) is 6.54 Å². The molecule has 2 rings (SSSR count). The Morgan fingerprint density at radius 3 is 2.71 bits per heavy atom. The van der Waals surface area contributed by atoms with Gasteiger partial charge in [-0.15, -0.1) is 12.4 Å². The van der Waals surface area contributed by atoms with Crippen molar-refractivity contribution >= 4 is 18.3 Å². The highest BCUT2D eigenvalue weighted by molar-refractivity contribution is 5.85. The number of carbonyl (C=O) groups is 1. The number of halogens is 1. The highest BCUT2D eigenvalue weighted by Crippen LogP contribution is 2.26. The van der Waals surface area contributed by atoms with Crippen molar-refractivity contribution in [3.63, 3.8) is 0 Å². The summed E-state index contributed by atoms with van der Waals surface area (Å²) in [6, 6.07) is 0.125. The van der Waals surface area contributed by atoms with E-state index in [1.807, 2.05) is 25.5 Å². The number of carbonyl (C=O) groups excluding carboxylic acids is 1. The second-order valence-corrected chi connectivity index (χ2v) is 5.66. The Hall–Kier alpha value is -1.14. The van der Waals surface area contributed by atoms with Gasteiger partial charge in [0.25, 0.3) is 0 Å². The lowest BCUT2D eigenvalue weighted by Gasteiger charge is -2.32. The molecule has 21 heavy (non-hydrogen) atoms. The third kappa shape index (κ3) is 3.55. The second kappa shape index (κ2) is 7.22. The molecule has 0 aromatic carbocycles. The SMILES string of the molecule is CCC(CC)(CN)C(=O)NC1CCc2nc(C)nn2C1.Cl. The molecule has 1 amide bonds. The zero-order valence-electron chi connectivity index (χ0n) is 13.1. The van der Waals surface area contributed by atoms with Gasteiger partial charge >= 0.3 is 0 Å². The molecule has 0 saturated carbocycles. The molecule has 0 radical (unpaired) electrons. The zero-order valence-corrected chi connectivity index (χ0v) is 13.9. The van der Waals surface area contributed by atoms with Gasteiger partial charge in [-0.1, -0.05) is 13.8 Å². The molecule has 3 N–H and O–H groups in total. The summed E-state index contributed by atoms with van der Waals surface area (Å²) in [6.07, 6.45) is 3.32. The van der Waals surface area contributed by atoms with Crippen LogP contribution in [0.1, 0.15) is 44.8 Å². The van der Waals surface area contributed by atoms with Gasteiger partial charge in [-0.05, 0) is 26.2 Å². The molecular weight excluding hydrogens is 290 g/mol. The van der Waals surface area contributed by atoms with E-state index < -0.39 is 5.41 Å². The summed E-state index contributed by atoms with van der Waals surface area (Å²) < 4.78 is 1.91. The van der Waals surface area contributed by atoms with Crippen LogP contribution in [0.4, 0.5) is 0 Å². The Bertz CT molecular complexity index is 475. The first kappa shape index (κ1) is 17.9. The van der Waals surface area contributed by atoms with Crippen LogP contribution in [-0.4, -0.2) is 33.3 Å². The molecule has 1 aromatic rings. The van der Waals surface area contributed by atoms with Crippen LogP contribution in [0.2, 0.25) is 0 Å². The third-order valence-electron chi connectivity index (χ3n) is 4.53. The van der Waals surface area contributed by atoms with Crippen LogP contribution in [-0.2, 0) is 17.8 Å². The largest absolute Gasteiger partial charge is 0.351 e. The van der Waals surface area contributed by atoms with Gasteiger partial charge in [0.05, 0.1) is 12.0 Å². The molecule has 1 atom stereocenters. The molecule has 6 nitrogen and oxygen atoms in total. The molecule has 1 unspecified atom stereocenters. The Balaban J connectivity index is 0.00000220. The fourth-order valence-electron chi connectivity index (χ4n) is 2.84. The van der Waals surface area contributed by atoms with E-state index in [1.165, 1.54) is 0 Å². The van der Waals surface area contributed by atoms with E-state index in [4.69, 9.17) is 5.73 Å². The highest BCUT2D eigenvalue weighted by atomic mass is 35.5. The number of fused-ring (bicyclic) bond motifs is 1. The van der Waals surface area contributed by atoms with E-state index >= 15 is 0 Å². The normalized spacial score (nSPS) is 17.8. The predicted octanol–water partition coefficient (Wildman–Crippen LogP) is 1.20.